The van der Waals surface area contributed by atoms with Crippen LogP contribution in [0.1, 0.15) is 15.9 Å². The normalized spacial score (nSPS) is 9.71. The topological polar surface area (TPSA) is 82.4 Å². The van der Waals surface area contributed by atoms with E-state index in [0.717, 1.165) is 0 Å². The van der Waals surface area contributed by atoms with Crippen LogP contribution in [0.25, 0.3) is 0 Å². The molecule has 0 bridgehead atoms. The van der Waals surface area contributed by atoms with E-state index in [1.54, 1.807) is 62.6 Å². The standard InChI is InChI=1S/C18H17N3O3/c1-21(2)18(23)14-5-7-15(8-6-14)20-17(22)12-24-16-9-3-13(11-19)4-10-16/h3-10H,12H2,1-2H3,(H,20,22). The molecule has 2 aromatic carbocycles. The van der Waals surface area contributed by atoms with Crippen molar-refractivity contribution in [1.29, 1.82) is 5.26 Å². The van der Waals surface area contributed by atoms with Crippen molar-refractivity contribution in [3.05, 3.63) is 59.7 Å². The minimum Gasteiger partial charge on any atom is -0.484 e. The monoisotopic (exact) mass is 323 g/mol. The average molecular weight is 323 g/mol. The minimum absolute atomic E-state index is 0.1000. The van der Waals surface area contributed by atoms with Crippen LogP contribution in [0.2, 0.25) is 0 Å². The third-order valence-electron chi connectivity index (χ3n) is 3.18. The van der Waals surface area contributed by atoms with E-state index in [4.69, 9.17) is 10.00 Å². The fourth-order valence-electron chi connectivity index (χ4n) is 1.93. The van der Waals surface area contributed by atoms with Gasteiger partial charge in [-0.15, -0.1) is 0 Å². The van der Waals surface area contributed by atoms with Crippen LogP contribution in [0.15, 0.2) is 48.5 Å². The molecule has 6 nitrogen and oxygen atoms in total. The van der Waals surface area contributed by atoms with Gasteiger partial charge in [-0.3, -0.25) is 9.59 Å². The van der Waals surface area contributed by atoms with E-state index in [1.165, 1.54) is 4.90 Å². The lowest BCUT2D eigenvalue weighted by atomic mass is 10.2. The molecule has 0 heterocycles. The lowest BCUT2D eigenvalue weighted by molar-refractivity contribution is -0.118. The van der Waals surface area contributed by atoms with Crippen molar-refractivity contribution in [3.63, 3.8) is 0 Å². The molecule has 1 N–H and O–H groups in total. The summed E-state index contributed by atoms with van der Waals surface area (Å²) < 4.78 is 5.35. The summed E-state index contributed by atoms with van der Waals surface area (Å²) >= 11 is 0. The molecule has 2 aromatic rings. The summed E-state index contributed by atoms with van der Waals surface area (Å²) in [5.41, 5.74) is 1.66. The van der Waals surface area contributed by atoms with Crippen molar-refractivity contribution in [2.24, 2.45) is 0 Å². The second-order valence-electron chi connectivity index (χ2n) is 5.25. The average Bonchev–Trinajstić information content (AvgIpc) is 2.60. The summed E-state index contributed by atoms with van der Waals surface area (Å²) in [7, 11) is 3.36. The van der Waals surface area contributed by atoms with Gasteiger partial charge in [-0.25, -0.2) is 0 Å². The van der Waals surface area contributed by atoms with Gasteiger partial charge in [-0.05, 0) is 48.5 Å². The first-order valence-corrected chi connectivity index (χ1v) is 7.24. The Morgan fingerprint density at radius 1 is 1.08 bits per heavy atom. The number of amides is 2. The van der Waals surface area contributed by atoms with E-state index in [1.807, 2.05) is 6.07 Å². The van der Waals surface area contributed by atoms with Crippen LogP contribution in [0.5, 0.6) is 5.75 Å². The lowest BCUT2D eigenvalue weighted by Gasteiger charge is -2.11. The predicted molar refractivity (Wildman–Crippen MR) is 89.7 cm³/mol. The highest BCUT2D eigenvalue weighted by molar-refractivity contribution is 5.95. The number of rotatable bonds is 5. The van der Waals surface area contributed by atoms with Crippen molar-refractivity contribution in [3.8, 4) is 11.8 Å². The zero-order valence-corrected chi connectivity index (χ0v) is 13.4. The van der Waals surface area contributed by atoms with Crippen LogP contribution in [0.4, 0.5) is 5.69 Å². The molecule has 0 saturated heterocycles. The Kier molecular flexibility index (Phi) is 5.53. The molecule has 0 saturated carbocycles. The van der Waals surface area contributed by atoms with Crippen LogP contribution in [-0.2, 0) is 4.79 Å². The fourth-order valence-corrected chi connectivity index (χ4v) is 1.93. The van der Waals surface area contributed by atoms with Gasteiger partial charge in [0.2, 0.25) is 0 Å². The number of hydrogen-bond donors (Lipinski definition) is 1. The van der Waals surface area contributed by atoms with Crippen molar-refractivity contribution in [2.45, 2.75) is 0 Å². The third-order valence-corrected chi connectivity index (χ3v) is 3.18. The van der Waals surface area contributed by atoms with E-state index in [2.05, 4.69) is 5.32 Å². The smallest absolute Gasteiger partial charge is 0.262 e. The van der Waals surface area contributed by atoms with Crippen LogP contribution in [-0.4, -0.2) is 37.4 Å². The second-order valence-corrected chi connectivity index (χ2v) is 5.25. The Hall–Kier alpha value is -3.33. The SMILES string of the molecule is CN(C)C(=O)c1ccc(NC(=O)COc2ccc(C#N)cc2)cc1. The van der Waals surface area contributed by atoms with Gasteiger partial charge in [0.1, 0.15) is 5.75 Å². The minimum atomic E-state index is -0.314. The van der Waals surface area contributed by atoms with Gasteiger partial charge in [0.15, 0.2) is 6.61 Å². The Labute approximate surface area is 140 Å². The zero-order valence-electron chi connectivity index (χ0n) is 13.4. The van der Waals surface area contributed by atoms with E-state index in [-0.39, 0.29) is 18.4 Å². The fraction of sp³-hybridized carbons (Fsp3) is 0.167. The molecular formula is C18H17N3O3. The number of hydrogen-bond acceptors (Lipinski definition) is 4. The maximum atomic E-state index is 11.9. The number of nitrogens with zero attached hydrogens (tertiary/aromatic N) is 2. The molecule has 0 fully saturated rings. The van der Waals surface area contributed by atoms with Crippen molar-refractivity contribution in [2.75, 3.05) is 26.0 Å². The van der Waals surface area contributed by atoms with Gasteiger partial charge in [0.05, 0.1) is 11.6 Å². The summed E-state index contributed by atoms with van der Waals surface area (Å²) in [5.74, 6) is 0.0964. The highest BCUT2D eigenvalue weighted by atomic mass is 16.5. The number of nitrogens with one attached hydrogen (secondary N) is 1. The predicted octanol–water partition coefficient (Wildman–Crippen LogP) is 2.28. The second kappa shape index (κ2) is 7.79. The summed E-state index contributed by atoms with van der Waals surface area (Å²) in [6.45, 7) is -0.149. The number of anilines is 1. The summed E-state index contributed by atoms with van der Waals surface area (Å²) in [5, 5.41) is 11.4. The first-order valence-electron chi connectivity index (χ1n) is 7.24. The molecule has 2 amide bonds. The van der Waals surface area contributed by atoms with Crippen LogP contribution >= 0.6 is 0 Å². The molecule has 0 aliphatic heterocycles. The number of carbonyl (C=O) groups is 2. The molecule has 0 atom stereocenters. The highest BCUT2D eigenvalue weighted by Gasteiger charge is 2.08. The first kappa shape index (κ1) is 17.0. The van der Waals surface area contributed by atoms with Gasteiger partial charge in [0, 0.05) is 25.3 Å². The van der Waals surface area contributed by atoms with E-state index < -0.39 is 0 Å². The maximum absolute atomic E-state index is 11.9. The number of nitriles is 1. The van der Waals surface area contributed by atoms with E-state index >= 15 is 0 Å². The molecule has 24 heavy (non-hydrogen) atoms. The first-order chi connectivity index (χ1) is 11.5. The van der Waals surface area contributed by atoms with Crippen LogP contribution < -0.4 is 10.1 Å². The number of ether oxygens (including phenoxy) is 1. The van der Waals surface area contributed by atoms with Gasteiger partial charge >= 0.3 is 0 Å². The Morgan fingerprint density at radius 3 is 2.25 bits per heavy atom. The molecule has 0 spiro atoms. The molecule has 0 aromatic heterocycles. The molecule has 2 rings (SSSR count). The molecule has 0 aliphatic carbocycles. The Balaban J connectivity index is 1.87. The Morgan fingerprint density at radius 2 is 1.71 bits per heavy atom. The maximum Gasteiger partial charge on any atom is 0.262 e. The van der Waals surface area contributed by atoms with Gasteiger partial charge in [0.25, 0.3) is 11.8 Å². The molecule has 0 unspecified atom stereocenters. The quantitative estimate of drug-likeness (QED) is 0.915. The van der Waals surface area contributed by atoms with Gasteiger partial charge in [-0.2, -0.15) is 5.26 Å². The third kappa shape index (κ3) is 4.58. The highest BCUT2D eigenvalue weighted by Crippen LogP contribution is 2.13. The Bertz CT molecular complexity index is 760. The van der Waals surface area contributed by atoms with E-state index in [0.29, 0.717) is 22.6 Å². The van der Waals surface area contributed by atoms with Crippen molar-refractivity contribution in [1.82, 2.24) is 4.90 Å². The van der Waals surface area contributed by atoms with Crippen molar-refractivity contribution >= 4 is 17.5 Å². The van der Waals surface area contributed by atoms with Crippen LogP contribution in [0, 0.1) is 11.3 Å². The van der Waals surface area contributed by atoms with Gasteiger partial charge < -0.3 is 15.0 Å². The molecule has 6 heteroatoms. The molecule has 0 radical (unpaired) electrons. The summed E-state index contributed by atoms with van der Waals surface area (Å²) in [4.78, 5) is 25.1. The number of benzene rings is 2. The number of carbonyl (C=O) groups excluding carboxylic acids is 2. The molecular weight excluding hydrogens is 306 g/mol. The summed E-state index contributed by atoms with van der Waals surface area (Å²) in [6.07, 6.45) is 0. The lowest BCUT2D eigenvalue weighted by Crippen LogP contribution is -2.22. The molecule has 0 aliphatic rings. The van der Waals surface area contributed by atoms with Crippen LogP contribution in [0.3, 0.4) is 0 Å². The van der Waals surface area contributed by atoms with E-state index in [9.17, 15) is 9.59 Å². The largest absolute Gasteiger partial charge is 0.484 e. The summed E-state index contributed by atoms with van der Waals surface area (Å²) in [6, 6.07) is 15.1. The zero-order chi connectivity index (χ0) is 17.5. The molecule has 122 valence electrons. The van der Waals surface area contributed by atoms with Crippen molar-refractivity contribution < 1.29 is 14.3 Å². The van der Waals surface area contributed by atoms with Gasteiger partial charge in [-0.1, -0.05) is 0 Å².